The van der Waals surface area contributed by atoms with E-state index in [1.807, 2.05) is 6.07 Å². The summed E-state index contributed by atoms with van der Waals surface area (Å²) in [6, 6.07) is 12.6. The van der Waals surface area contributed by atoms with Crippen LogP contribution in [0.2, 0.25) is 0 Å². The maximum Gasteiger partial charge on any atom is 0.573 e. The van der Waals surface area contributed by atoms with Crippen LogP contribution in [0.4, 0.5) is 18.0 Å². The molecule has 0 aromatic heterocycles. The normalized spacial score (nSPS) is 12.0. The second-order valence-corrected chi connectivity index (χ2v) is 5.85. The van der Waals surface area contributed by atoms with Gasteiger partial charge in [0.2, 0.25) is 5.91 Å². The molecule has 0 bridgehead atoms. The molecule has 2 rings (SSSR count). The highest BCUT2D eigenvalue weighted by Crippen LogP contribution is 2.22. The topological polar surface area (TPSA) is 96.9 Å². The maximum absolute atomic E-state index is 12.1. The number of alkyl halides is 3. The molecule has 2 aromatic rings. The first-order valence-electron chi connectivity index (χ1n) is 8.47. The number of nitrogens with one attached hydrogen (secondary N) is 2. The Kier molecular flexibility index (Phi) is 7.84. The van der Waals surface area contributed by atoms with E-state index >= 15 is 0 Å². The molecule has 2 aromatic carbocycles. The van der Waals surface area contributed by atoms with E-state index in [2.05, 4.69) is 15.4 Å². The molecule has 1 unspecified atom stereocenters. The molecule has 0 saturated carbocycles. The number of ether oxygens (including phenoxy) is 2. The SMILES string of the molecule is O=C(NC(CO)C(=O)NCc1ccc(OC(F)(F)F)cc1)OCc1ccccc1. The number of alkyl carbamates (subject to hydrolysis) is 1. The largest absolute Gasteiger partial charge is 0.573 e. The Bertz CT molecular complexity index is 798. The summed E-state index contributed by atoms with van der Waals surface area (Å²) in [6.45, 7) is -0.689. The van der Waals surface area contributed by atoms with Crippen LogP contribution in [0.15, 0.2) is 54.6 Å². The van der Waals surface area contributed by atoms with Crippen molar-refractivity contribution in [2.24, 2.45) is 0 Å². The molecule has 3 N–H and O–H groups in total. The molecule has 29 heavy (non-hydrogen) atoms. The Balaban J connectivity index is 1.79. The Morgan fingerprint density at radius 3 is 2.24 bits per heavy atom. The van der Waals surface area contributed by atoms with Crippen molar-refractivity contribution in [3.05, 3.63) is 65.7 Å². The molecule has 0 fully saturated rings. The van der Waals surface area contributed by atoms with Gasteiger partial charge in [-0.1, -0.05) is 42.5 Å². The van der Waals surface area contributed by atoms with E-state index in [1.165, 1.54) is 12.1 Å². The van der Waals surface area contributed by atoms with Crippen LogP contribution in [-0.4, -0.2) is 36.1 Å². The minimum Gasteiger partial charge on any atom is -0.445 e. The number of carbonyl (C=O) groups is 2. The molecule has 0 aliphatic heterocycles. The van der Waals surface area contributed by atoms with Crippen molar-refractivity contribution < 1.29 is 37.3 Å². The number of hydrogen-bond acceptors (Lipinski definition) is 5. The van der Waals surface area contributed by atoms with Gasteiger partial charge in [0.15, 0.2) is 0 Å². The number of rotatable bonds is 8. The molecule has 0 radical (unpaired) electrons. The zero-order valence-electron chi connectivity index (χ0n) is 15.1. The Morgan fingerprint density at radius 2 is 1.66 bits per heavy atom. The number of aliphatic hydroxyl groups is 1. The van der Waals surface area contributed by atoms with E-state index in [0.717, 1.165) is 17.7 Å². The van der Waals surface area contributed by atoms with E-state index < -0.39 is 31.0 Å². The average Bonchev–Trinajstić information content (AvgIpc) is 2.69. The first-order valence-corrected chi connectivity index (χ1v) is 8.47. The highest BCUT2D eigenvalue weighted by molar-refractivity contribution is 5.85. The first kappa shape index (κ1) is 22.0. The number of halogens is 3. The third-order valence-corrected chi connectivity index (χ3v) is 3.63. The van der Waals surface area contributed by atoms with E-state index in [1.54, 1.807) is 24.3 Å². The third-order valence-electron chi connectivity index (χ3n) is 3.63. The standard InChI is InChI=1S/C19H19F3N2O5/c20-19(21,22)29-15-8-6-13(7-9-15)10-23-17(26)16(11-25)24-18(27)28-12-14-4-2-1-3-5-14/h1-9,16,25H,10-12H2,(H,23,26)(H,24,27). The molecule has 10 heteroatoms. The molecule has 7 nitrogen and oxygen atoms in total. The van der Waals surface area contributed by atoms with Crippen molar-refractivity contribution in [1.29, 1.82) is 0 Å². The van der Waals surface area contributed by atoms with Crippen LogP contribution in [0, 0.1) is 0 Å². The summed E-state index contributed by atoms with van der Waals surface area (Å²) >= 11 is 0. The first-order chi connectivity index (χ1) is 13.8. The monoisotopic (exact) mass is 412 g/mol. The van der Waals surface area contributed by atoms with E-state index in [-0.39, 0.29) is 18.9 Å². The molecular weight excluding hydrogens is 393 g/mol. The van der Waals surface area contributed by atoms with Crippen LogP contribution in [-0.2, 0) is 22.7 Å². The van der Waals surface area contributed by atoms with Crippen molar-refractivity contribution >= 4 is 12.0 Å². The summed E-state index contributed by atoms with van der Waals surface area (Å²) in [5.74, 6) is -1.07. The van der Waals surface area contributed by atoms with Gasteiger partial charge >= 0.3 is 12.5 Å². The van der Waals surface area contributed by atoms with Crippen LogP contribution in [0.3, 0.4) is 0 Å². The molecule has 0 saturated heterocycles. The van der Waals surface area contributed by atoms with Crippen LogP contribution < -0.4 is 15.4 Å². The minimum absolute atomic E-state index is 0.00120. The van der Waals surface area contributed by atoms with Gasteiger partial charge in [-0.15, -0.1) is 13.2 Å². The smallest absolute Gasteiger partial charge is 0.445 e. The number of carbonyl (C=O) groups excluding carboxylic acids is 2. The Morgan fingerprint density at radius 1 is 1.00 bits per heavy atom. The predicted octanol–water partition coefficient (Wildman–Crippen LogP) is 2.49. The number of hydrogen-bond donors (Lipinski definition) is 3. The van der Waals surface area contributed by atoms with Crippen molar-refractivity contribution in [2.75, 3.05) is 6.61 Å². The van der Waals surface area contributed by atoms with E-state index in [0.29, 0.717) is 5.56 Å². The second kappa shape index (κ2) is 10.3. The van der Waals surface area contributed by atoms with Gasteiger partial charge in [0.25, 0.3) is 0 Å². The summed E-state index contributed by atoms with van der Waals surface area (Å²) in [5.41, 5.74) is 1.25. The fourth-order valence-electron chi connectivity index (χ4n) is 2.22. The summed E-state index contributed by atoms with van der Waals surface area (Å²) < 4.78 is 45.1. The lowest BCUT2D eigenvalue weighted by Crippen LogP contribution is -2.48. The van der Waals surface area contributed by atoms with Crippen LogP contribution >= 0.6 is 0 Å². The van der Waals surface area contributed by atoms with Gasteiger partial charge in [0, 0.05) is 6.54 Å². The fraction of sp³-hybridized carbons (Fsp3) is 0.263. The van der Waals surface area contributed by atoms with Gasteiger partial charge in [-0.2, -0.15) is 0 Å². The van der Waals surface area contributed by atoms with E-state index in [4.69, 9.17) is 4.74 Å². The molecular formula is C19H19F3N2O5. The number of amides is 2. The molecule has 0 aliphatic rings. The van der Waals surface area contributed by atoms with Crippen LogP contribution in [0.25, 0.3) is 0 Å². The van der Waals surface area contributed by atoms with Gasteiger partial charge in [-0.25, -0.2) is 4.79 Å². The maximum atomic E-state index is 12.1. The van der Waals surface area contributed by atoms with Crippen molar-refractivity contribution in [1.82, 2.24) is 10.6 Å². The highest BCUT2D eigenvalue weighted by Gasteiger charge is 2.31. The zero-order chi connectivity index (χ0) is 21.3. The van der Waals surface area contributed by atoms with Crippen LogP contribution in [0.5, 0.6) is 5.75 Å². The molecule has 2 amide bonds. The lowest BCUT2D eigenvalue weighted by atomic mass is 10.2. The van der Waals surface area contributed by atoms with E-state index in [9.17, 15) is 27.9 Å². The average molecular weight is 412 g/mol. The Hall–Kier alpha value is -3.27. The minimum atomic E-state index is -4.79. The lowest BCUT2D eigenvalue weighted by Gasteiger charge is -2.16. The quantitative estimate of drug-likeness (QED) is 0.619. The molecule has 0 heterocycles. The van der Waals surface area contributed by atoms with Gasteiger partial charge < -0.3 is 25.2 Å². The predicted molar refractivity (Wildman–Crippen MR) is 95.6 cm³/mol. The zero-order valence-corrected chi connectivity index (χ0v) is 15.1. The fourth-order valence-corrected chi connectivity index (χ4v) is 2.22. The van der Waals surface area contributed by atoms with Gasteiger partial charge in [-0.05, 0) is 23.3 Å². The van der Waals surface area contributed by atoms with Gasteiger partial charge in [0.1, 0.15) is 18.4 Å². The van der Waals surface area contributed by atoms with Crippen molar-refractivity contribution in [3.8, 4) is 5.75 Å². The Labute approximate surface area is 164 Å². The molecule has 0 aliphatic carbocycles. The summed E-state index contributed by atoms with van der Waals surface area (Å²) in [6.07, 6.45) is -5.66. The second-order valence-electron chi connectivity index (χ2n) is 5.85. The summed E-state index contributed by atoms with van der Waals surface area (Å²) in [5, 5.41) is 14.0. The highest BCUT2D eigenvalue weighted by atomic mass is 19.4. The van der Waals surface area contributed by atoms with Crippen molar-refractivity contribution in [2.45, 2.75) is 25.6 Å². The summed E-state index contributed by atoms with van der Waals surface area (Å²) in [4.78, 5) is 23.9. The summed E-state index contributed by atoms with van der Waals surface area (Å²) in [7, 11) is 0. The number of benzene rings is 2. The van der Waals surface area contributed by atoms with Gasteiger partial charge in [0.05, 0.1) is 6.61 Å². The number of aliphatic hydroxyl groups excluding tert-OH is 1. The van der Waals surface area contributed by atoms with Crippen molar-refractivity contribution in [3.63, 3.8) is 0 Å². The van der Waals surface area contributed by atoms with Crippen LogP contribution in [0.1, 0.15) is 11.1 Å². The molecule has 156 valence electrons. The lowest BCUT2D eigenvalue weighted by molar-refractivity contribution is -0.274. The molecule has 0 spiro atoms. The van der Waals surface area contributed by atoms with Gasteiger partial charge in [-0.3, -0.25) is 4.79 Å². The molecule has 1 atom stereocenters. The third kappa shape index (κ3) is 8.09.